The van der Waals surface area contributed by atoms with Gasteiger partial charge in [0.15, 0.2) is 0 Å². The van der Waals surface area contributed by atoms with Gasteiger partial charge in [0.2, 0.25) is 5.69 Å². The van der Waals surface area contributed by atoms with Crippen LogP contribution in [0.1, 0.15) is 5.69 Å². The van der Waals surface area contributed by atoms with Crippen molar-refractivity contribution in [3.63, 3.8) is 0 Å². The zero-order chi connectivity index (χ0) is 16.5. The molecule has 0 amide bonds. The summed E-state index contributed by atoms with van der Waals surface area (Å²) in [6.07, 6.45) is 3.29. The molecule has 0 saturated carbocycles. The summed E-state index contributed by atoms with van der Waals surface area (Å²) in [4.78, 5) is 16.8. The van der Waals surface area contributed by atoms with Crippen LogP contribution in [0.4, 0.5) is 5.69 Å². The molecule has 0 atom stereocenters. The van der Waals surface area contributed by atoms with Crippen LogP contribution in [-0.2, 0) is 0 Å². The van der Waals surface area contributed by atoms with Crippen molar-refractivity contribution in [2.24, 2.45) is 0 Å². The van der Waals surface area contributed by atoms with E-state index in [4.69, 9.17) is 6.57 Å². The van der Waals surface area contributed by atoms with E-state index in [1.165, 1.54) is 0 Å². The molecule has 0 aliphatic rings. The SMILES string of the molecule is [C-]#[N+]c1cnc2ccc(-c3cn[nH]c3-c3cccc(C)n3)nc2c1. The fraction of sp³-hybridized carbons (Fsp3) is 0.0556. The van der Waals surface area contributed by atoms with Crippen LogP contribution in [0.3, 0.4) is 0 Å². The lowest BCUT2D eigenvalue weighted by atomic mass is 10.1. The van der Waals surface area contributed by atoms with Gasteiger partial charge >= 0.3 is 0 Å². The molecule has 1 N–H and O–H groups in total. The smallest absolute Gasteiger partial charge is 0.207 e. The summed E-state index contributed by atoms with van der Waals surface area (Å²) >= 11 is 0. The van der Waals surface area contributed by atoms with Crippen molar-refractivity contribution in [2.45, 2.75) is 6.92 Å². The topological polar surface area (TPSA) is 71.7 Å². The molecule has 6 heteroatoms. The van der Waals surface area contributed by atoms with Crippen molar-refractivity contribution in [3.05, 3.63) is 65.9 Å². The van der Waals surface area contributed by atoms with Crippen molar-refractivity contribution in [1.29, 1.82) is 0 Å². The van der Waals surface area contributed by atoms with Gasteiger partial charge in [-0.05, 0) is 37.3 Å². The van der Waals surface area contributed by atoms with E-state index < -0.39 is 0 Å². The first-order valence-corrected chi connectivity index (χ1v) is 7.36. The Morgan fingerprint density at radius 3 is 2.75 bits per heavy atom. The second-order valence-electron chi connectivity index (χ2n) is 5.36. The molecule has 0 aliphatic carbocycles. The maximum atomic E-state index is 7.11. The van der Waals surface area contributed by atoms with E-state index in [0.717, 1.165) is 33.9 Å². The standard InChI is InChI=1S/C18H12N6/c1-11-4-3-5-16(22-11)18-13(10-21-24-18)14-6-7-15-17(23-14)8-12(19-2)9-20-15/h3-10H,1H3,(H,21,24). The van der Waals surface area contributed by atoms with Gasteiger partial charge in [-0.25, -0.2) is 9.83 Å². The highest BCUT2D eigenvalue weighted by Gasteiger charge is 2.13. The number of aromatic nitrogens is 5. The lowest BCUT2D eigenvalue weighted by Crippen LogP contribution is -1.91. The number of aromatic amines is 1. The van der Waals surface area contributed by atoms with Gasteiger partial charge in [0.1, 0.15) is 0 Å². The van der Waals surface area contributed by atoms with Crippen LogP contribution >= 0.6 is 0 Å². The second kappa shape index (κ2) is 5.56. The van der Waals surface area contributed by atoms with Crippen LogP contribution in [0.15, 0.2) is 48.8 Å². The highest BCUT2D eigenvalue weighted by atomic mass is 15.1. The lowest BCUT2D eigenvalue weighted by molar-refractivity contribution is 1.08. The third kappa shape index (κ3) is 2.38. The lowest BCUT2D eigenvalue weighted by Gasteiger charge is -2.05. The molecule has 0 aliphatic heterocycles. The maximum Gasteiger partial charge on any atom is 0.207 e. The first-order chi connectivity index (χ1) is 11.7. The van der Waals surface area contributed by atoms with Crippen LogP contribution in [0, 0.1) is 13.5 Å². The number of H-pyrrole nitrogens is 1. The highest BCUT2D eigenvalue weighted by molar-refractivity contribution is 5.84. The van der Waals surface area contributed by atoms with E-state index in [1.807, 2.05) is 37.3 Å². The van der Waals surface area contributed by atoms with Crippen LogP contribution in [0.25, 0.3) is 38.5 Å². The monoisotopic (exact) mass is 312 g/mol. The zero-order valence-corrected chi connectivity index (χ0v) is 12.9. The molecule has 0 fully saturated rings. The molecule has 6 nitrogen and oxygen atoms in total. The largest absolute Gasteiger partial charge is 0.276 e. The molecule has 0 unspecified atom stereocenters. The fourth-order valence-electron chi connectivity index (χ4n) is 2.57. The molecular formula is C18H12N6. The first-order valence-electron chi connectivity index (χ1n) is 7.36. The molecule has 0 aromatic carbocycles. The normalized spacial score (nSPS) is 10.7. The Kier molecular flexibility index (Phi) is 3.25. The van der Waals surface area contributed by atoms with Crippen molar-refractivity contribution >= 4 is 16.7 Å². The van der Waals surface area contributed by atoms with Gasteiger partial charge in [-0.2, -0.15) is 5.10 Å². The van der Waals surface area contributed by atoms with Crippen molar-refractivity contribution in [1.82, 2.24) is 25.1 Å². The van der Waals surface area contributed by atoms with Crippen molar-refractivity contribution in [3.8, 4) is 22.6 Å². The molecule has 0 radical (unpaired) electrons. The molecular weight excluding hydrogens is 300 g/mol. The minimum atomic E-state index is 0.472. The third-order valence-corrected chi connectivity index (χ3v) is 3.71. The van der Waals surface area contributed by atoms with Gasteiger partial charge in [0.25, 0.3) is 0 Å². The van der Waals surface area contributed by atoms with Gasteiger partial charge in [0.05, 0.1) is 40.9 Å². The molecule has 114 valence electrons. The molecule has 4 aromatic heterocycles. The van der Waals surface area contributed by atoms with Crippen molar-refractivity contribution in [2.75, 3.05) is 0 Å². The summed E-state index contributed by atoms with van der Waals surface area (Å²) in [6, 6.07) is 11.4. The van der Waals surface area contributed by atoms with Crippen LogP contribution < -0.4 is 0 Å². The van der Waals surface area contributed by atoms with Gasteiger partial charge in [0, 0.05) is 17.5 Å². The predicted octanol–water partition coefficient (Wildman–Crippen LogP) is 3.94. The maximum absolute atomic E-state index is 7.11. The Morgan fingerprint density at radius 2 is 1.92 bits per heavy atom. The minimum Gasteiger partial charge on any atom is -0.276 e. The Labute approximate surface area is 138 Å². The van der Waals surface area contributed by atoms with Crippen LogP contribution in [-0.4, -0.2) is 25.1 Å². The Morgan fingerprint density at radius 1 is 1.00 bits per heavy atom. The van der Waals surface area contributed by atoms with Gasteiger partial charge in [-0.15, -0.1) is 0 Å². The summed E-state index contributed by atoms with van der Waals surface area (Å²) < 4.78 is 0. The van der Waals surface area contributed by atoms with Crippen molar-refractivity contribution < 1.29 is 0 Å². The number of hydrogen-bond acceptors (Lipinski definition) is 4. The summed E-state index contributed by atoms with van der Waals surface area (Å²) in [6.45, 7) is 9.06. The van der Waals surface area contributed by atoms with E-state index in [-0.39, 0.29) is 0 Å². The van der Waals surface area contributed by atoms with E-state index >= 15 is 0 Å². The van der Waals surface area contributed by atoms with Crippen LogP contribution in [0.2, 0.25) is 0 Å². The third-order valence-electron chi connectivity index (χ3n) is 3.71. The molecule has 4 heterocycles. The zero-order valence-electron chi connectivity index (χ0n) is 12.9. The number of aryl methyl sites for hydroxylation is 1. The quantitative estimate of drug-likeness (QED) is 0.569. The minimum absolute atomic E-state index is 0.472. The number of rotatable bonds is 2. The van der Waals surface area contributed by atoms with Gasteiger partial charge in [-0.3, -0.25) is 15.1 Å². The average molecular weight is 312 g/mol. The Bertz CT molecular complexity index is 1090. The fourth-order valence-corrected chi connectivity index (χ4v) is 2.57. The van der Waals surface area contributed by atoms with Gasteiger partial charge < -0.3 is 0 Å². The summed E-state index contributed by atoms with van der Waals surface area (Å²) in [5.74, 6) is 0. The molecule has 4 rings (SSSR count). The van der Waals surface area contributed by atoms with Crippen LogP contribution in [0.5, 0.6) is 0 Å². The Balaban J connectivity index is 1.87. The van der Waals surface area contributed by atoms with E-state index in [0.29, 0.717) is 11.2 Å². The second-order valence-corrected chi connectivity index (χ2v) is 5.36. The number of hydrogen-bond donors (Lipinski definition) is 1. The first kappa shape index (κ1) is 14.0. The van der Waals surface area contributed by atoms with Gasteiger partial charge in [-0.1, -0.05) is 6.07 Å². The average Bonchev–Trinajstić information content (AvgIpc) is 3.10. The molecule has 4 aromatic rings. The number of pyridine rings is 3. The highest BCUT2D eigenvalue weighted by Crippen LogP contribution is 2.29. The number of fused-ring (bicyclic) bond motifs is 1. The summed E-state index contributed by atoms with van der Waals surface area (Å²) in [5, 5.41) is 7.15. The number of nitrogens with zero attached hydrogens (tertiary/aromatic N) is 5. The van der Waals surface area contributed by atoms with E-state index in [1.54, 1.807) is 18.5 Å². The summed E-state index contributed by atoms with van der Waals surface area (Å²) in [5.41, 5.74) is 6.11. The van der Waals surface area contributed by atoms with E-state index in [2.05, 4.69) is 30.0 Å². The predicted molar refractivity (Wildman–Crippen MR) is 91.3 cm³/mol. The molecule has 0 spiro atoms. The Hall–Kier alpha value is -3.59. The molecule has 0 saturated heterocycles. The van der Waals surface area contributed by atoms with E-state index in [9.17, 15) is 0 Å². The molecule has 0 bridgehead atoms. The molecule has 24 heavy (non-hydrogen) atoms. The summed E-state index contributed by atoms with van der Waals surface area (Å²) in [7, 11) is 0. The number of nitrogens with one attached hydrogen (secondary N) is 1.